The molecule has 0 unspecified atom stereocenters. The molecule has 0 bridgehead atoms. The Morgan fingerprint density at radius 3 is 2.79 bits per heavy atom. The quantitative estimate of drug-likeness (QED) is 0.398. The number of hydrazone groups is 1. The molecule has 4 rings (SSSR count). The Morgan fingerprint density at radius 2 is 2.00 bits per heavy atom. The SMILES string of the molecule is Cc1cccc(C=NNc2ncnc3c2ncn3CC(F)(F)c2ccccn2)c1. The van der Waals surface area contributed by atoms with Crippen molar-refractivity contribution in [2.75, 3.05) is 5.43 Å². The van der Waals surface area contributed by atoms with Crippen molar-refractivity contribution in [2.45, 2.75) is 19.4 Å². The van der Waals surface area contributed by atoms with Crippen molar-refractivity contribution in [1.29, 1.82) is 0 Å². The van der Waals surface area contributed by atoms with Crippen molar-refractivity contribution in [3.05, 3.63) is 78.1 Å². The molecule has 0 atom stereocenters. The number of rotatable bonds is 6. The highest BCUT2D eigenvalue weighted by molar-refractivity contribution is 5.84. The third-order valence-electron chi connectivity index (χ3n) is 4.24. The van der Waals surface area contributed by atoms with Gasteiger partial charge in [0.1, 0.15) is 12.0 Å². The van der Waals surface area contributed by atoms with Gasteiger partial charge in [0.2, 0.25) is 0 Å². The van der Waals surface area contributed by atoms with Crippen LogP contribution in [0.5, 0.6) is 0 Å². The fourth-order valence-electron chi connectivity index (χ4n) is 2.87. The highest BCUT2D eigenvalue weighted by atomic mass is 19.3. The Labute approximate surface area is 165 Å². The summed E-state index contributed by atoms with van der Waals surface area (Å²) in [5, 5.41) is 4.16. The fourth-order valence-corrected chi connectivity index (χ4v) is 2.87. The number of aryl methyl sites for hydroxylation is 1. The molecule has 0 fully saturated rings. The van der Waals surface area contributed by atoms with E-state index in [0.717, 1.165) is 11.1 Å². The fraction of sp³-hybridized carbons (Fsp3) is 0.150. The summed E-state index contributed by atoms with van der Waals surface area (Å²) in [6, 6.07) is 12.2. The summed E-state index contributed by atoms with van der Waals surface area (Å²) in [6.45, 7) is 1.36. The molecule has 0 aliphatic heterocycles. The number of nitrogens with zero attached hydrogens (tertiary/aromatic N) is 6. The maximum absolute atomic E-state index is 14.6. The number of aromatic nitrogens is 5. The summed E-state index contributed by atoms with van der Waals surface area (Å²) in [4.78, 5) is 16.2. The van der Waals surface area contributed by atoms with E-state index in [1.54, 1.807) is 12.3 Å². The zero-order chi connectivity index (χ0) is 20.3. The zero-order valence-electron chi connectivity index (χ0n) is 15.5. The van der Waals surface area contributed by atoms with Crippen molar-refractivity contribution in [3.63, 3.8) is 0 Å². The number of hydrogen-bond donors (Lipinski definition) is 1. The Kier molecular flexibility index (Phi) is 4.94. The summed E-state index contributed by atoms with van der Waals surface area (Å²) in [7, 11) is 0. The molecule has 0 aliphatic carbocycles. The van der Waals surface area contributed by atoms with Gasteiger partial charge in [-0.3, -0.25) is 10.4 Å². The molecule has 0 aliphatic rings. The van der Waals surface area contributed by atoms with Crippen LogP contribution in [-0.4, -0.2) is 30.7 Å². The molecule has 3 aromatic heterocycles. The van der Waals surface area contributed by atoms with E-state index < -0.39 is 12.5 Å². The van der Waals surface area contributed by atoms with Crippen LogP contribution in [0.4, 0.5) is 14.6 Å². The number of pyridine rings is 1. The van der Waals surface area contributed by atoms with Crippen LogP contribution in [0, 0.1) is 6.92 Å². The van der Waals surface area contributed by atoms with E-state index in [2.05, 4.69) is 30.5 Å². The van der Waals surface area contributed by atoms with Crippen LogP contribution in [0.1, 0.15) is 16.8 Å². The van der Waals surface area contributed by atoms with E-state index in [1.807, 2.05) is 31.2 Å². The van der Waals surface area contributed by atoms with Gasteiger partial charge in [-0.2, -0.15) is 13.9 Å². The third-order valence-corrected chi connectivity index (χ3v) is 4.24. The molecule has 7 nitrogen and oxygen atoms in total. The average Bonchev–Trinajstić information content (AvgIpc) is 3.12. The first-order chi connectivity index (χ1) is 14.0. The molecule has 0 spiro atoms. The Balaban J connectivity index is 1.57. The van der Waals surface area contributed by atoms with Crippen molar-refractivity contribution in [3.8, 4) is 0 Å². The summed E-state index contributed by atoms with van der Waals surface area (Å²) in [5.74, 6) is -2.84. The third kappa shape index (κ3) is 4.08. The normalized spacial score (nSPS) is 12.0. The van der Waals surface area contributed by atoms with Crippen molar-refractivity contribution in [2.24, 2.45) is 5.10 Å². The molecular weight excluding hydrogens is 376 g/mol. The van der Waals surface area contributed by atoms with Gasteiger partial charge in [-0.15, -0.1) is 0 Å². The first-order valence-corrected chi connectivity index (χ1v) is 8.84. The minimum atomic E-state index is -3.17. The lowest BCUT2D eigenvalue weighted by molar-refractivity contribution is -0.0256. The number of nitrogens with one attached hydrogen (secondary N) is 1. The van der Waals surface area contributed by atoms with Gasteiger partial charge in [-0.1, -0.05) is 35.9 Å². The van der Waals surface area contributed by atoms with Crippen LogP contribution in [0.15, 0.2) is 66.4 Å². The number of halogens is 2. The molecule has 29 heavy (non-hydrogen) atoms. The van der Waals surface area contributed by atoms with E-state index >= 15 is 0 Å². The zero-order valence-corrected chi connectivity index (χ0v) is 15.5. The van der Waals surface area contributed by atoms with Gasteiger partial charge in [-0.05, 0) is 24.6 Å². The molecule has 9 heteroatoms. The molecule has 0 amide bonds. The molecule has 4 aromatic rings. The molecule has 0 saturated carbocycles. The van der Waals surface area contributed by atoms with E-state index in [4.69, 9.17) is 0 Å². The smallest absolute Gasteiger partial charge is 0.307 e. The second kappa shape index (κ2) is 7.70. The lowest BCUT2D eigenvalue weighted by Gasteiger charge is -2.16. The van der Waals surface area contributed by atoms with Crippen LogP contribution >= 0.6 is 0 Å². The van der Waals surface area contributed by atoms with Crippen LogP contribution in [0.25, 0.3) is 11.2 Å². The topological polar surface area (TPSA) is 80.9 Å². The number of imidazole rings is 1. The van der Waals surface area contributed by atoms with Gasteiger partial charge in [-0.25, -0.2) is 15.0 Å². The lowest BCUT2D eigenvalue weighted by Crippen LogP contribution is -2.22. The van der Waals surface area contributed by atoms with Gasteiger partial charge in [0, 0.05) is 6.20 Å². The average molecular weight is 393 g/mol. The van der Waals surface area contributed by atoms with Crippen molar-refractivity contribution in [1.82, 2.24) is 24.5 Å². The number of hydrogen-bond acceptors (Lipinski definition) is 6. The molecule has 0 radical (unpaired) electrons. The standard InChI is InChI=1S/C20H17F2N7/c1-14-5-4-6-15(9-14)10-27-28-18-17-19(25-12-24-18)29(13-26-17)11-20(21,22)16-7-2-3-8-23-16/h2-10,12-13H,11H2,1H3,(H,24,25,28). The van der Waals surface area contributed by atoms with Gasteiger partial charge in [0.25, 0.3) is 0 Å². The number of fused-ring (bicyclic) bond motifs is 1. The number of alkyl halides is 2. The molecule has 1 N–H and O–H groups in total. The minimum Gasteiger partial charge on any atom is -0.309 e. The van der Waals surface area contributed by atoms with Crippen molar-refractivity contribution >= 4 is 23.2 Å². The first kappa shape index (κ1) is 18.6. The molecule has 3 heterocycles. The van der Waals surface area contributed by atoms with Gasteiger partial charge >= 0.3 is 5.92 Å². The summed E-state index contributed by atoms with van der Waals surface area (Å²) in [5.41, 5.74) is 5.17. The Hall–Kier alpha value is -3.75. The predicted molar refractivity (Wildman–Crippen MR) is 106 cm³/mol. The maximum atomic E-state index is 14.6. The first-order valence-electron chi connectivity index (χ1n) is 8.84. The van der Waals surface area contributed by atoms with Crippen LogP contribution in [0.2, 0.25) is 0 Å². The largest absolute Gasteiger partial charge is 0.309 e. The van der Waals surface area contributed by atoms with E-state index in [9.17, 15) is 8.78 Å². The van der Waals surface area contributed by atoms with Gasteiger partial charge in [0.05, 0.1) is 19.1 Å². The van der Waals surface area contributed by atoms with E-state index in [1.165, 1.54) is 35.6 Å². The molecule has 146 valence electrons. The lowest BCUT2D eigenvalue weighted by atomic mass is 10.2. The molecule has 1 aromatic carbocycles. The van der Waals surface area contributed by atoms with Gasteiger partial charge in [0.15, 0.2) is 17.0 Å². The Morgan fingerprint density at radius 1 is 1.10 bits per heavy atom. The van der Waals surface area contributed by atoms with Crippen LogP contribution in [-0.2, 0) is 12.5 Å². The highest BCUT2D eigenvalue weighted by Gasteiger charge is 2.34. The van der Waals surface area contributed by atoms with Crippen LogP contribution in [0.3, 0.4) is 0 Å². The van der Waals surface area contributed by atoms with E-state index in [-0.39, 0.29) is 11.3 Å². The molecular formula is C20H17F2N7. The number of benzene rings is 1. The Bertz CT molecular complexity index is 1160. The molecule has 0 saturated heterocycles. The van der Waals surface area contributed by atoms with E-state index in [0.29, 0.717) is 11.3 Å². The van der Waals surface area contributed by atoms with Gasteiger partial charge < -0.3 is 4.57 Å². The summed E-state index contributed by atoms with van der Waals surface area (Å²) in [6.07, 6.45) is 5.58. The number of anilines is 1. The second-order valence-corrected chi connectivity index (χ2v) is 6.47. The summed E-state index contributed by atoms with van der Waals surface area (Å²) >= 11 is 0. The predicted octanol–water partition coefficient (Wildman–Crippen LogP) is 3.77. The van der Waals surface area contributed by atoms with Crippen LogP contribution < -0.4 is 5.43 Å². The van der Waals surface area contributed by atoms with Crippen molar-refractivity contribution < 1.29 is 8.78 Å². The monoisotopic (exact) mass is 393 g/mol. The minimum absolute atomic E-state index is 0.281. The second-order valence-electron chi connectivity index (χ2n) is 6.47. The highest BCUT2D eigenvalue weighted by Crippen LogP contribution is 2.29. The summed E-state index contributed by atoms with van der Waals surface area (Å²) < 4.78 is 30.4. The maximum Gasteiger partial charge on any atom is 0.307 e.